The first-order valence-electron chi connectivity index (χ1n) is 10.3. The predicted molar refractivity (Wildman–Crippen MR) is 119 cm³/mol. The molecule has 0 saturated heterocycles. The number of hydrogen-bond donors (Lipinski definition) is 0. The minimum Gasteiger partial charge on any atom is -0.342 e. The zero-order valence-corrected chi connectivity index (χ0v) is 17.7. The molecule has 0 atom stereocenters. The Kier molecular flexibility index (Phi) is 6.67. The molecule has 0 unspecified atom stereocenters. The van der Waals surface area contributed by atoms with E-state index in [0.29, 0.717) is 36.3 Å². The van der Waals surface area contributed by atoms with Gasteiger partial charge in [0.25, 0.3) is 11.7 Å². The van der Waals surface area contributed by atoms with Crippen LogP contribution in [0.1, 0.15) is 31.1 Å². The molecule has 0 radical (unpaired) electrons. The molecule has 6 heteroatoms. The average molecular weight is 405 g/mol. The summed E-state index contributed by atoms with van der Waals surface area (Å²) in [5.74, 6) is -1.18. The Bertz CT molecular complexity index is 1050. The molecule has 0 bridgehead atoms. The lowest BCUT2D eigenvalue weighted by Gasteiger charge is -2.20. The minimum absolute atomic E-state index is 0.0226. The van der Waals surface area contributed by atoms with Gasteiger partial charge in [0, 0.05) is 42.4 Å². The van der Waals surface area contributed by atoms with Gasteiger partial charge in [-0.2, -0.15) is 0 Å². The zero-order chi connectivity index (χ0) is 21.7. The van der Waals surface area contributed by atoms with E-state index < -0.39 is 11.7 Å². The number of carbonyl (C=O) groups is 3. The number of ketones is 1. The van der Waals surface area contributed by atoms with Crippen molar-refractivity contribution >= 4 is 34.2 Å². The number of likely N-dealkylation sites (N-methyl/N-ethyl adjacent to an activating group) is 2. The summed E-state index contributed by atoms with van der Waals surface area (Å²) in [4.78, 5) is 42.1. The highest BCUT2D eigenvalue weighted by molar-refractivity contribution is 6.48. The second-order valence-corrected chi connectivity index (χ2v) is 6.97. The van der Waals surface area contributed by atoms with Gasteiger partial charge in [-0.1, -0.05) is 36.4 Å². The van der Waals surface area contributed by atoms with E-state index in [1.807, 2.05) is 63.2 Å². The van der Waals surface area contributed by atoms with Crippen LogP contribution in [0, 0.1) is 0 Å². The predicted octanol–water partition coefficient (Wildman–Crippen LogP) is 3.75. The van der Waals surface area contributed by atoms with E-state index >= 15 is 0 Å². The van der Waals surface area contributed by atoms with Crippen molar-refractivity contribution in [2.24, 2.45) is 0 Å². The molecule has 1 aromatic heterocycles. The van der Waals surface area contributed by atoms with Crippen molar-refractivity contribution in [1.82, 2.24) is 9.47 Å². The Hall–Kier alpha value is -3.41. The third-order valence-corrected chi connectivity index (χ3v) is 5.28. The zero-order valence-electron chi connectivity index (χ0n) is 17.7. The topological polar surface area (TPSA) is 62.6 Å². The summed E-state index contributed by atoms with van der Waals surface area (Å²) in [5, 5.41) is 0.673. The van der Waals surface area contributed by atoms with Gasteiger partial charge in [-0.15, -0.1) is 0 Å². The highest BCUT2D eigenvalue weighted by Crippen LogP contribution is 2.24. The van der Waals surface area contributed by atoms with Crippen LogP contribution in [0.4, 0.5) is 5.69 Å². The molecule has 0 aliphatic heterocycles. The van der Waals surface area contributed by atoms with Gasteiger partial charge in [0.2, 0.25) is 5.91 Å². The molecule has 0 fully saturated rings. The van der Waals surface area contributed by atoms with Crippen molar-refractivity contribution in [2.75, 3.05) is 24.5 Å². The molecular weight excluding hydrogens is 378 g/mol. The van der Waals surface area contributed by atoms with Gasteiger partial charge < -0.3 is 14.4 Å². The van der Waals surface area contributed by atoms with E-state index in [0.717, 1.165) is 5.52 Å². The largest absolute Gasteiger partial charge is 0.342 e. The van der Waals surface area contributed by atoms with Crippen LogP contribution < -0.4 is 4.90 Å². The maximum Gasteiger partial charge on any atom is 0.299 e. The van der Waals surface area contributed by atoms with Crippen LogP contribution >= 0.6 is 0 Å². The van der Waals surface area contributed by atoms with Crippen molar-refractivity contribution in [3.8, 4) is 0 Å². The first-order chi connectivity index (χ1) is 14.5. The number of carbonyl (C=O) groups excluding carboxylic acids is 3. The van der Waals surface area contributed by atoms with Crippen LogP contribution in [0.2, 0.25) is 0 Å². The maximum atomic E-state index is 13.2. The average Bonchev–Trinajstić information content (AvgIpc) is 3.13. The van der Waals surface area contributed by atoms with E-state index in [2.05, 4.69) is 0 Å². The number of hydrogen-bond acceptors (Lipinski definition) is 3. The molecule has 3 rings (SSSR count). The van der Waals surface area contributed by atoms with Crippen LogP contribution in [0.3, 0.4) is 0 Å². The lowest BCUT2D eigenvalue weighted by atomic mass is 10.1. The minimum atomic E-state index is -0.582. The molecule has 1 heterocycles. The number of nitrogens with zero attached hydrogens (tertiary/aromatic N) is 3. The van der Waals surface area contributed by atoms with E-state index in [9.17, 15) is 14.4 Å². The number of fused-ring (bicyclic) bond motifs is 1. The molecule has 0 aliphatic rings. The number of amides is 2. The van der Waals surface area contributed by atoms with Crippen molar-refractivity contribution in [2.45, 2.75) is 27.3 Å². The first-order valence-corrected chi connectivity index (χ1v) is 10.3. The number of anilines is 1. The summed E-state index contributed by atoms with van der Waals surface area (Å²) in [5.41, 5.74) is 1.76. The Morgan fingerprint density at radius 3 is 2.10 bits per heavy atom. The number of para-hydroxylation sites is 2. The van der Waals surface area contributed by atoms with Crippen molar-refractivity contribution in [1.29, 1.82) is 0 Å². The summed E-state index contributed by atoms with van der Waals surface area (Å²) in [7, 11) is 0. The third-order valence-electron chi connectivity index (χ3n) is 5.28. The lowest BCUT2D eigenvalue weighted by Crippen LogP contribution is -2.36. The van der Waals surface area contributed by atoms with Crippen molar-refractivity contribution in [3.63, 3.8) is 0 Å². The molecule has 156 valence electrons. The normalized spacial score (nSPS) is 10.8. The first kappa shape index (κ1) is 21.3. The standard InChI is InChI=1S/C24H27N3O3/c1-4-25(5-2)22(28)17-26-16-20(19-14-10-11-15-21(19)26)23(29)24(30)27(6-3)18-12-8-7-9-13-18/h7-16H,4-6,17H2,1-3H3. The van der Waals surface area contributed by atoms with Crippen LogP contribution in [0.25, 0.3) is 10.9 Å². The summed E-state index contributed by atoms with van der Waals surface area (Å²) >= 11 is 0. The molecule has 2 aromatic carbocycles. The maximum absolute atomic E-state index is 13.2. The van der Waals surface area contributed by atoms with Gasteiger partial charge in [-0.3, -0.25) is 14.4 Å². The van der Waals surface area contributed by atoms with Crippen LogP contribution in [0.5, 0.6) is 0 Å². The quantitative estimate of drug-likeness (QED) is 0.424. The Morgan fingerprint density at radius 1 is 0.833 bits per heavy atom. The number of Topliss-reactive ketones (excluding diaryl/α,β-unsaturated/α-hetero) is 1. The van der Waals surface area contributed by atoms with Crippen molar-refractivity contribution < 1.29 is 14.4 Å². The van der Waals surface area contributed by atoms with E-state index in [1.165, 1.54) is 4.90 Å². The fourth-order valence-corrected chi connectivity index (χ4v) is 3.67. The third kappa shape index (κ3) is 4.13. The highest BCUT2D eigenvalue weighted by Gasteiger charge is 2.27. The summed E-state index contributed by atoms with van der Waals surface area (Å²) < 4.78 is 1.76. The molecule has 0 saturated carbocycles. The Balaban J connectivity index is 1.96. The van der Waals surface area contributed by atoms with Gasteiger partial charge in [-0.25, -0.2) is 0 Å². The number of aromatic nitrogens is 1. The fraction of sp³-hybridized carbons (Fsp3) is 0.292. The van der Waals surface area contributed by atoms with Crippen LogP contribution in [-0.2, 0) is 16.1 Å². The molecule has 30 heavy (non-hydrogen) atoms. The summed E-state index contributed by atoms with van der Waals surface area (Å²) in [6.45, 7) is 7.47. The van der Waals surface area contributed by atoms with Gasteiger partial charge in [-0.05, 0) is 39.0 Å². The Labute approximate surface area is 176 Å². The summed E-state index contributed by atoms with van der Waals surface area (Å²) in [6.07, 6.45) is 1.63. The molecule has 2 amide bonds. The van der Waals surface area contributed by atoms with Gasteiger partial charge >= 0.3 is 0 Å². The van der Waals surface area contributed by atoms with E-state index in [-0.39, 0.29) is 12.5 Å². The van der Waals surface area contributed by atoms with Crippen molar-refractivity contribution in [3.05, 3.63) is 66.4 Å². The second kappa shape index (κ2) is 9.39. The monoisotopic (exact) mass is 405 g/mol. The molecular formula is C24H27N3O3. The smallest absolute Gasteiger partial charge is 0.299 e. The molecule has 0 N–H and O–H groups in total. The van der Waals surface area contributed by atoms with Gasteiger partial charge in [0.15, 0.2) is 0 Å². The lowest BCUT2D eigenvalue weighted by molar-refractivity contribution is -0.131. The Morgan fingerprint density at radius 2 is 1.47 bits per heavy atom. The van der Waals surface area contributed by atoms with E-state index in [4.69, 9.17) is 0 Å². The van der Waals surface area contributed by atoms with Crippen LogP contribution in [0.15, 0.2) is 60.8 Å². The second-order valence-electron chi connectivity index (χ2n) is 6.97. The highest BCUT2D eigenvalue weighted by atomic mass is 16.2. The number of benzene rings is 2. The molecule has 0 spiro atoms. The molecule has 3 aromatic rings. The molecule has 6 nitrogen and oxygen atoms in total. The SMILES string of the molecule is CCN(CC)C(=O)Cn1cc(C(=O)C(=O)N(CC)c2ccccc2)c2ccccc21. The van der Waals surface area contributed by atoms with Gasteiger partial charge in [0.05, 0.1) is 5.56 Å². The molecule has 0 aliphatic carbocycles. The van der Waals surface area contributed by atoms with Gasteiger partial charge in [0.1, 0.15) is 6.54 Å². The number of rotatable bonds is 8. The fourth-order valence-electron chi connectivity index (χ4n) is 3.67. The van der Waals surface area contributed by atoms with E-state index in [1.54, 1.807) is 27.8 Å². The van der Waals surface area contributed by atoms with Crippen LogP contribution in [-0.4, -0.2) is 46.7 Å². The summed E-state index contributed by atoms with van der Waals surface area (Å²) in [6, 6.07) is 16.5.